The van der Waals surface area contributed by atoms with Gasteiger partial charge in [-0.25, -0.2) is 4.39 Å². The highest BCUT2D eigenvalue weighted by Gasteiger charge is 2.32. The Balaban J connectivity index is 1.51. The van der Waals surface area contributed by atoms with E-state index in [-0.39, 0.29) is 5.56 Å². The van der Waals surface area contributed by atoms with Crippen LogP contribution in [0.2, 0.25) is 0 Å². The molecular weight excluding hydrogens is 404 g/mol. The highest BCUT2D eigenvalue weighted by atomic mass is 19.4. The standard InChI is InChI=1S/C26H28F4O/c1-2-3-19-4-6-20(7-5-19)8-9-21-10-12-22(13-11-21)14-15-23-16-17-25(24(27)18-23)31-26(28,29)30/h10-13,16-20H,2-9H2,1H3/t19-,20-. The fourth-order valence-electron chi connectivity index (χ4n) is 4.27. The third-order valence-electron chi connectivity index (χ3n) is 5.97. The third-order valence-corrected chi connectivity index (χ3v) is 5.97. The first-order chi connectivity index (χ1) is 14.8. The molecule has 0 aromatic heterocycles. The SMILES string of the molecule is CCC[C@H]1CC[C@H](CCc2ccc(C#Cc3ccc(OC(F)(F)F)c(F)c3)cc2)CC1. The Hall–Kier alpha value is -2.48. The fourth-order valence-corrected chi connectivity index (χ4v) is 4.27. The number of halogens is 4. The quantitative estimate of drug-likeness (QED) is 0.336. The molecule has 1 aliphatic carbocycles. The molecule has 31 heavy (non-hydrogen) atoms. The van der Waals surface area contributed by atoms with E-state index < -0.39 is 17.9 Å². The molecule has 0 unspecified atom stereocenters. The van der Waals surface area contributed by atoms with Crippen molar-refractivity contribution in [2.75, 3.05) is 0 Å². The van der Waals surface area contributed by atoms with Crippen molar-refractivity contribution < 1.29 is 22.3 Å². The van der Waals surface area contributed by atoms with Gasteiger partial charge in [-0.2, -0.15) is 0 Å². The summed E-state index contributed by atoms with van der Waals surface area (Å²) in [6.07, 6.45) is 5.44. The van der Waals surface area contributed by atoms with Crippen molar-refractivity contribution in [1.82, 2.24) is 0 Å². The van der Waals surface area contributed by atoms with Gasteiger partial charge in [0.05, 0.1) is 0 Å². The van der Waals surface area contributed by atoms with Crippen LogP contribution in [0.15, 0.2) is 42.5 Å². The van der Waals surface area contributed by atoms with Crippen LogP contribution in [0, 0.1) is 29.5 Å². The minimum Gasteiger partial charge on any atom is -0.403 e. The maximum Gasteiger partial charge on any atom is 0.573 e. The Morgan fingerprint density at radius 2 is 1.45 bits per heavy atom. The highest BCUT2D eigenvalue weighted by Crippen LogP contribution is 2.33. The number of rotatable bonds is 6. The van der Waals surface area contributed by atoms with Gasteiger partial charge < -0.3 is 4.74 Å². The molecule has 1 fully saturated rings. The molecule has 3 rings (SSSR count). The van der Waals surface area contributed by atoms with Crippen LogP contribution in [0.1, 0.15) is 68.6 Å². The van der Waals surface area contributed by atoms with Crippen LogP contribution in [0.4, 0.5) is 17.6 Å². The van der Waals surface area contributed by atoms with E-state index in [1.807, 2.05) is 12.1 Å². The number of hydrogen-bond donors (Lipinski definition) is 0. The summed E-state index contributed by atoms with van der Waals surface area (Å²) in [5.41, 5.74) is 2.34. The number of aryl methyl sites for hydroxylation is 1. The van der Waals surface area contributed by atoms with Gasteiger partial charge in [-0.1, -0.05) is 69.4 Å². The monoisotopic (exact) mass is 432 g/mol. The molecular formula is C26H28F4O. The van der Waals surface area contributed by atoms with Gasteiger partial charge in [0.1, 0.15) is 0 Å². The van der Waals surface area contributed by atoms with Crippen LogP contribution in [-0.2, 0) is 6.42 Å². The number of alkyl halides is 3. The van der Waals surface area contributed by atoms with E-state index >= 15 is 0 Å². The zero-order valence-corrected chi connectivity index (χ0v) is 17.8. The summed E-state index contributed by atoms with van der Waals surface area (Å²) in [6.45, 7) is 2.27. The predicted molar refractivity (Wildman–Crippen MR) is 114 cm³/mol. The maximum atomic E-state index is 13.8. The molecule has 0 bridgehead atoms. The summed E-state index contributed by atoms with van der Waals surface area (Å²) in [7, 11) is 0. The van der Waals surface area contributed by atoms with Gasteiger partial charge in [0.25, 0.3) is 0 Å². The Morgan fingerprint density at radius 1 is 0.871 bits per heavy atom. The van der Waals surface area contributed by atoms with Gasteiger partial charge in [0, 0.05) is 11.1 Å². The van der Waals surface area contributed by atoms with Crippen LogP contribution in [0.25, 0.3) is 0 Å². The topological polar surface area (TPSA) is 9.23 Å². The average Bonchev–Trinajstić information content (AvgIpc) is 2.74. The second kappa shape index (κ2) is 10.7. The number of ether oxygens (including phenoxy) is 1. The zero-order chi connectivity index (χ0) is 22.3. The summed E-state index contributed by atoms with van der Waals surface area (Å²) < 4.78 is 54.0. The minimum atomic E-state index is -4.93. The van der Waals surface area contributed by atoms with Gasteiger partial charge in [-0.15, -0.1) is 13.2 Å². The molecule has 0 atom stereocenters. The lowest BCUT2D eigenvalue weighted by Crippen LogP contribution is -2.17. The minimum absolute atomic E-state index is 0.287. The number of hydrogen-bond acceptors (Lipinski definition) is 1. The molecule has 0 saturated heterocycles. The Bertz CT molecular complexity index is 898. The molecule has 0 radical (unpaired) electrons. The first kappa shape index (κ1) is 23.2. The van der Waals surface area contributed by atoms with E-state index in [4.69, 9.17) is 0 Å². The molecule has 0 heterocycles. The van der Waals surface area contributed by atoms with E-state index in [1.165, 1.54) is 56.6 Å². The smallest absolute Gasteiger partial charge is 0.403 e. The molecule has 1 saturated carbocycles. The Morgan fingerprint density at radius 3 is 2.03 bits per heavy atom. The van der Waals surface area contributed by atoms with Gasteiger partial charge in [0.2, 0.25) is 0 Å². The molecule has 1 aliphatic rings. The number of benzene rings is 2. The lowest BCUT2D eigenvalue weighted by Gasteiger charge is -2.28. The lowest BCUT2D eigenvalue weighted by molar-refractivity contribution is -0.275. The summed E-state index contributed by atoms with van der Waals surface area (Å²) in [4.78, 5) is 0. The van der Waals surface area contributed by atoms with Gasteiger partial charge in [0.15, 0.2) is 11.6 Å². The molecule has 0 N–H and O–H groups in total. The second-order valence-electron chi connectivity index (χ2n) is 8.35. The summed E-state index contributed by atoms with van der Waals surface area (Å²) in [5.74, 6) is 5.51. The van der Waals surface area contributed by atoms with Crippen LogP contribution in [0.5, 0.6) is 5.75 Å². The van der Waals surface area contributed by atoms with Crippen molar-refractivity contribution in [3.8, 4) is 17.6 Å². The second-order valence-corrected chi connectivity index (χ2v) is 8.35. The lowest BCUT2D eigenvalue weighted by atomic mass is 9.78. The normalized spacial score (nSPS) is 18.9. The van der Waals surface area contributed by atoms with Crippen LogP contribution in [0.3, 0.4) is 0 Å². The molecule has 0 aliphatic heterocycles. The van der Waals surface area contributed by atoms with Crippen molar-refractivity contribution in [2.45, 2.75) is 64.7 Å². The van der Waals surface area contributed by atoms with Gasteiger partial charge in [-0.05, 0) is 60.6 Å². The molecule has 0 spiro atoms. The molecule has 1 nitrogen and oxygen atoms in total. The van der Waals surface area contributed by atoms with E-state index in [1.54, 1.807) is 0 Å². The van der Waals surface area contributed by atoms with Gasteiger partial charge >= 0.3 is 6.36 Å². The predicted octanol–water partition coefficient (Wildman–Crippen LogP) is 7.66. The van der Waals surface area contributed by atoms with Crippen LogP contribution < -0.4 is 4.74 Å². The molecule has 0 amide bonds. The van der Waals surface area contributed by atoms with E-state index in [0.717, 1.165) is 36.0 Å². The molecule has 5 heteroatoms. The summed E-state index contributed by atoms with van der Waals surface area (Å²) >= 11 is 0. The molecule has 2 aromatic carbocycles. The summed E-state index contributed by atoms with van der Waals surface area (Å²) in [6, 6.07) is 11.2. The molecule has 166 valence electrons. The first-order valence-electron chi connectivity index (χ1n) is 11.0. The van der Waals surface area contributed by atoms with E-state index in [0.29, 0.717) is 0 Å². The van der Waals surface area contributed by atoms with Crippen LogP contribution >= 0.6 is 0 Å². The van der Waals surface area contributed by atoms with Crippen molar-refractivity contribution in [3.63, 3.8) is 0 Å². The maximum absolute atomic E-state index is 13.8. The van der Waals surface area contributed by atoms with Gasteiger partial charge in [-0.3, -0.25) is 0 Å². The van der Waals surface area contributed by atoms with Crippen molar-refractivity contribution in [1.29, 1.82) is 0 Å². The Labute approximate surface area is 181 Å². The van der Waals surface area contributed by atoms with Crippen molar-refractivity contribution in [2.24, 2.45) is 11.8 Å². The van der Waals surface area contributed by atoms with E-state index in [9.17, 15) is 17.6 Å². The van der Waals surface area contributed by atoms with Crippen molar-refractivity contribution >= 4 is 0 Å². The summed E-state index contributed by atoms with van der Waals surface area (Å²) in [5, 5.41) is 0. The Kier molecular flexibility index (Phi) is 8.01. The third kappa shape index (κ3) is 7.61. The zero-order valence-electron chi connectivity index (χ0n) is 17.8. The molecule has 2 aromatic rings. The average molecular weight is 433 g/mol. The fraction of sp³-hybridized carbons (Fsp3) is 0.462. The first-order valence-corrected chi connectivity index (χ1v) is 11.0. The van der Waals surface area contributed by atoms with Crippen molar-refractivity contribution in [3.05, 3.63) is 65.0 Å². The van der Waals surface area contributed by atoms with E-state index in [2.05, 4.69) is 35.6 Å². The largest absolute Gasteiger partial charge is 0.573 e. The highest BCUT2D eigenvalue weighted by molar-refractivity contribution is 5.45. The van der Waals surface area contributed by atoms with Crippen LogP contribution in [-0.4, -0.2) is 6.36 Å².